The van der Waals surface area contributed by atoms with Gasteiger partial charge in [0.15, 0.2) is 0 Å². The second-order valence-electron chi connectivity index (χ2n) is 10.8. The van der Waals surface area contributed by atoms with Crippen molar-refractivity contribution in [2.75, 3.05) is 0 Å². The van der Waals surface area contributed by atoms with Gasteiger partial charge >= 0.3 is 0 Å². The highest BCUT2D eigenvalue weighted by Crippen LogP contribution is 2.86. The summed E-state index contributed by atoms with van der Waals surface area (Å²) in [4.78, 5) is 0. The molecular formula is C23H40. The maximum atomic E-state index is 2.66. The molecule has 0 aromatic heterocycles. The summed E-state index contributed by atoms with van der Waals surface area (Å²) in [7, 11) is 0. The van der Waals surface area contributed by atoms with Gasteiger partial charge in [-0.05, 0) is 84.4 Å². The second-order valence-corrected chi connectivity index (χ2v) is 10.8. The van der Waals surface area contributed by atoms with Crippen molar-refractivity contribution in [3.8, 4) is 0 Å². The summed E-state index contributed by atoms with van der Waals surface area (Å²) in [6.45, 7) is 12.9. The summed E-state index contributed by atoms with van der Waals surface area (Å²) in [6.07, 6.45) is 13.6. The van der Waals surface area contributed by atoms with Crippen LogP contribution in [0.5, 0.6) is 0 Å². The van der Waals surface area contributed by atoms with Gasteiger partial charge in [-0.2, -0.15) is 0 Å². The van der Waals surface area contributed by atoms with Crippen LogP contribution in [-0.2, 0) is 0 Å². The molecule has 5 rings (SSSR count). The third-order valence-corrected chi connectivity index (χ3v) is 9.18. The van der Waals surface area contributed by atoms with E-state index in [0.717, 1.165) is 46.8 Å². The van der Waals surface area contributed by atoms with Crippen LogP contribution in [0.3, 0.4) is 0 Å². The molecule has 0 saturated heterocycles. The number of hydrogen-bond donors (Lipinski definition) is 0. The van der Waals surface area contributed by atoms with E-state index in [0.29, 0.717) is 5.41 Å². The summed E-state index contributed by atoms with van der Waals surface area (Å²) in [5, 5.41) is 0. The van der Waals surface area contributed by atoms with E-state index >= 15 is 0 Å². The van der Waals surface area contributed by atoms with Crippen molar-refractivity contribution in [1.82, 2.24) is 0 Å². The Hall–Kier alpha value is 0. The van der Waals surface area contributed by atoms with Gasteiger partial charge in [-0.3, -0.25) is 0 Å². The van der Waals surface area contributed by atoms with Gasteiger partial charge in [-0.1, -0.05) is 60.3 Å². The average molecular weight is 317 g/mol. The zero-order chi connectivity index (χ0) is 16.4. The van der Waals surface area contributed by atoms with E-state index in [-0.39, 0.29) is 0 Å². The molecule has 5 aliphatic rings. The molecule has 0 amide bonds. The minimum absolute atomic E-state index is 0.641. The fraction of sp³-hybridized carbons (Fsp3) is 1.00. The van der Waals surface area contributed by atoms with Crippen molar-refractivity contribution in [1.29, 1.82) is 0 Å². The van der Waals surface area contributed by atoms with Crippen molar-refractivity contribution in [2.45, 2.75) is 92.4 Å². The molecule has 0 aliphatic heterocycles. The first-order valence-electron chi connectivity index (χ1n) is 10.9. The van der Waals surface area contributed by atoms with Gasteiger partial charge in [0.2, 0.25) is 0 Å². The molecule has 5 fully saturated rings. The zero-order valence-corrected chi connectivity index (χ0v) is 16.4. The molecule has 2 bridgehead atoms. The Labute approximate surface area is 145 Å². The van der Waals surface area contributed by atoms with Crippen molar-refractivity contribution in [3.05, 3.63) is 0 Å². The lowest BCUT2D eigenvalue weighted by Crippen LogP contribution is -2.45. The van der Waals surface area contributed by atoms with Gasteiger partial charge in [0.1, 0.15) is 0 Å². The van der Waals surface area contributed by atoms with Crippen molar-refractivity contribution in [2.24, 2.45) is 52.3 Å². The van der Waals surface area contributed by atoms with E-state index < -0.39 is 0 Å². The topological polar surface area (TPSA) is 0 Å². The quantitative estimate of drug-likeness (QED) is 0.517. The van der Waals surface area contributed by atoms with Crippen LogP contribution in [0.1, 0.15) is 92.4 Å². The van der Waals surface area contributed by atoms with Crippen molar-refractivity contribution < 1.29 is 0 Å². The van der Waals surface area contributed by atoms with E-state index in [1.54, 1.807) is 19.3 Å². The van der Waals surface area contributed by atoms with Crippen LogP contribution in [0.15, 0.2) is 0 Å². The standard InChI is InChI=1S/C23H40/c1-6-11-22(5)13-15(2)12-18-19-10-8-7-9-16(3)17(4)20-21(18)23(19,20)14-22/h15-21H,6-14H2,1-5H3. The first-order valence-corrected chi connectivity index (χ1v) is 10.9. The molecule has 0 nitrogen and oxygen atoms in total. The Morgan fingerprint density at radius 1 is 1.00 bits per heavy atom. The van der Waals surface area contributed by atoms with E-state index in [1.807, 2.05) is 0 Å². The minimum Gasteiger partial charge on any atom is -0.0654 e. The SMILES string of the molecule is CCCC1(C)CC(C)CC2C3CCCCC(C)C(C)C4C2C34C1. The van der Waals surface area contributed by atoms with Gasteiger partial charge in [0.25, 0.3) is 0 Å². The van der Waals surface area contributed by atoms with Gasteiger partial charge in [0.05, 0.1) is 0 Å². The van der Waals surface area contributed by atoms with Crippen LogP contribution in [0.25, 0.3) is 0 Å². The van der Waals surface area contributed by atoms with Gasteiger partial charge < -0.3 is 0 Å². The summed E-state index contributed by atoms with van der Waals surface area (Å²) < 4.78 is 0. The molecule has 0 heterocycles. The molecule has 23 heavy (non-hydrogen) atoms. The predicted molar refractivity (Wildman–Crippen MR) is 99.2 cm³/mol. The van der Waals surface area contributed by atoms with Gasteiger partial charge in [-0.25, -0.2) is 0 Å². The smallest absolute Gasteiger partial charge is 0.0193 e. The second kappa shape index (κ2) is 5.50. The molecule has 1 spiro atoms. The van der Waals surface area contributed by atoms with E-state index in [9.17, 15) is 0 Å². The molecule has 0 aromatic carbocycles. The van der Waals surface area contributed by atoms with Crippen LogP contribution >= 0.6 is 0 Å². The first kappa shape index (κ1) is 16.5. The molecule has 9 unspecified atom stereocenters. The highest BCUT2D eigenvalue weighted by molar-refractivity contribution is 5.28. The lowest BCUT2D eigenvalue weighted by Gasteiger charge is -2.53. The lowest BCUT2D eigenvalue weighted by molar-refractivity contribution is -0.0394. The molecule has 0 N–H and O–H groups in total. The largest absolute Gasteiger partial charge is 0.0654 e. The highest BCUT2D eigenvalue weighted by Gasteiger charge is 2.81. The summed E-state index contributed by atoms with van der Waals surface area (Å²) in [5.74, 6) is 7.41. The average Bonchev–Trinajstić information content (AvgIpc) is 3.02. The molecule has 0 aromatic rings. The summed E-state index contributed by atoms with van der Waals surface area (Å²) in [5.41, 5.74) is 1.45. The lowest BCUT2D eigenvalue weighted by atomic mass is 9.52. The molecule has 132 valence electrons. The number of hydrogen-bond acceptors (Lipinski definition) is 0. The van der Waals surface area contributed by atoms with E-state index in [4.69, 9.17) is 0 Å². The van der Waals surface area contributed by atoms with Crippen molar-refractivity contribution in [3.63, 3.8) is 0 Å². The highest BCUT2D eigenvalue weighted by atomic mass is 14.8. The third kappa shape index (κ3) is 2.29. The predicted octanol–water partition coefficient (Wildman–Crippen LogP) is 6.94. The fourth-order valence-electron chi connectivity index (χ4n) is 8.63. The normalized spacial score (nSPS) is 58.6. The Bertz CT molecular complexity index is 453. The first-order chi connectivity index (χ1) is 10.9. The van der Waals surface area contributed by atoms with Crippen LogP contribution in [0, 0.1) is 52.3 Å². The maximum absolute atomic E-state index is 2.66. The fourth-order valence-corrected chi connectivity index (χ4v) is 8.63. The number of fused-ring (bicyclic) bond motifs is 4. The zero-order valence-electron chi connectivity index (χ0n) is 16.4. The molecule has 5 aliphatic carbocycles. The number of rotatable bonds is 2. The van der Waals surface area contributed by atoms with Crippen LogP contribution in [0.4, 0.5) is 0 Å². The third-order valence-electron chi connectivity index (χ3n) is 9.18. The van der Waals surface area contributed by atoms with Gasteiger partial charge in [0, 0.05) is 0 Å². The molecular weight excluding hydrogens is 276 g/mol. The van der Waals surface area contributed by atoms with Gasteiger partial charge in [-0.15, -0.1) is 0 Å². The van der Waals surface area contributed by atoms with Crippen LogP contribution in [0.2, 0.25) is 0 Å². The Kier molecular flexibility index (Phi) is 3.94. The Balaban J connectivity index is 1.67. The van der Waals surface area contributed by atoms with Crippen molar-refractivity contribution >= 4 is 0 Å². The summed E-state index contributed by atoms with van der Waals surface area (Å²) in [6, 6.07) is 0. The van der Waals surface area contributed by atoms with E-state index in [2.05, 4.69) is 34.6 Å². The molecule has 9 atom stereocenters. The summed E-state index contributed by atoms with van der Waals surface area (Å²) >= 11 is 0. The van der Waals surface area contributed by atoms with E-state index in [1.165, 1.54) is 38.5 Å². The molecule has 0 radical (unpaired) electrons. The Morgan fingerprint density at radius 3 is 2.48 bits per heavy atom. The van der Waals surface area contributed by atoms with Crippen LogP contribution in [-0.4, -0.2) is 0 Å². The monoisotopic (exact) mass is 316 g/mol. The molecule has 5 saturated carbocycles. The Morgan fingerprint density at radius 2 is 1.74 bits per heavy atom. The van der Waals surface area contributed by atoms with Crippen LogP contribution < -0.4 is 0 Å². The maximum Gasteiger partial charge on any atom is -0.0193 e. The molecule has 0 heteroatoms. The minimum atomic E-state index is 0.641.